The van der Waals surface area contributed by atoms with Crippen LogP contribution in [0.4, 0.5) is 4.79 Å². The van der Waals surface area contributed by atoms with Crippen LogP contribution < -0.4 is 0 Å². The van der Waals surface area contributed by atoms with Crippen LogP contribution in [0.3, 0.4) is 0 Å². The summed E-state index contributed by atoms with van der Waals surface area (Å²) in [6.45, 7) is 7.90. The number of carbonyl (C=O) groups is 1. The average molecular weight is 337 g/mol. The van der Waals surface area contributed by atoms with Gasteiger partial charge in [0.05, 0.1) is 0 Å². The van der Waals surface area contributed by atoms with E-state index in [0.717, 1.165) is 39.3 Å². The molecule has 0 saturated carbocycles. The summed E-state index contributed by atoms with van der Waals surface area (Å²) in [5.41, 5.74) is 2.52. The molecule has 0 spiro atoms. The van der Waals surface area contributed by atoms with Crippen LogP contribution in [-0.2, 0) is 13.1 Å². The van der Waals surface area contributed by atoms with Gasteiger partial charge in [-0.3, -0.25) is 4.90 Å². The zero-order valence-corrected chi connectivity index (χ0v) is 15.0. The molecular weight excluding hydrogens is 310 g/mol. The second-order valence-electron chi connectivity index (χ2n) is 6.53. The molecule has 0 aromatic heterocycles. The minimum absolute atomic E-state index is 0.158. The molecule has 4 nitrogen and oxygen atoms in total. The quantitative estimate of drug-likeness (QED) is 0.835. The van der Waals surface area contributed by atoms with Crippen LogP contribution in [0.1, 0.15) is 18.1 Å². The molecule has 3 rings (SSSR count). The number of amides is 2. The highest BCUT2D eigenvalue weighted by Gasteiger charge is 2.24. The molecule has 0 atom stereocenters. The molecule has 2 amide bonds. The van der Waals surface area contributed by atoms with Gasteiger partial charge in [0.2, 0.25) is 0 Å². The number of carbonyl (C=O) groups excluding carboxylic acids is 1. The van der Waals surface area contributed by atoms with E-state index >= 15 is 0 Å². The molecule has 2 aromatic carbocycles. The Kier molecular flexibility index (Phi) is 6.07. The third-order valence-corrected chi connectivity index (χ3v) is 4.76. The number of benzene rings is 2. The van der Waals surface area contributed by atoms with Gasteiger partial charge < -0.3 is 9.80 Å². The van der Waals surface area contributed by atoms with E-state index in [4.69, 9.17) is 0 Å². The fourth-order valence-electron chi connectivity index (χ4n) is 3.26. The van der Waals surface area contributed by atoms with Crippen LogP contribution >= 0.6 is 0 Å². The van der Waals surface area contributed by atoms with Crippen molar-refractivity contribution >= 4 is 6.03 Å². The van der Waals surface area contributed by atoms with Crippen molar-refractivity contribution in [3.05, 3.63) is 71.8 Å². The van der Waals surface area contributed by atoms with E-state index in [0.29, 0.717) is 6.54 Å². The predicted molar refractivity (Wildman–Crippen MR) is 101 cm³/mol. The molecule has 0 bridgehead atoms. The largest absolute Gasteiger partial charge is 0.322 e. The molecule has 0 radical (unpaired) electrons. The normalized spacial score (nSPS) is 15.2. The first-order chi connectivity index (χ1) is 12.3. The van der Waals surface area contributed by atoms with E-state index in [1.807, 2.05) is 41.0 Å². The first-order valence-electron chi connectivity index (χ1n) is 9.10. The minimum Gasteiger partial charge on any atom is -0.322 e. The van der Waals surface area contributed by atoms with E-state index in [1.165, 1.54) is 11.1 Å². The molecule has 0 N–H and O–H groups in total. The van der Waals surface area contributed by atoms with Gasteiger partial charge in [-0.05, 0) is 18.1 Å². The third-order valence-electron chi connectivity index (χ3n) is 4.76. The second kappa shape index (κ2) is 8.67. The lowest BCUT2D eigenvalue weighted by Crippen LogP contribution is -2.52. The zero-order valence-electron chi connectivity index (χ0n) is 15.0. The fraction of sp³-hybridized carbons (Fsp3) is 0.381. The summed E-state index contributed by atoms with van der Waals surface area (Å²) in [6.07, 6.45) is 0. The first-order valence-corrected chi connectivity index (χ1v) is 9.10. The predicted octanol–water partition coefficient (Wildman–Crippen LogP) is 3.45. The van der Waals surface area contributed by atoms with Crippen molar-refractivity contribution in [3.8, 4) is 0 Å². The summed E-state index contributed by atoms with van der Waals surface area (Å²) in [4.78, 5) is 19.2. The van der Waals surface area contributed by atoms with Crippen molar-refractivity contribution in [2.24, 2.45) is 0 Å². The van der Waals surface area contributed by atoms with Crippen molar-refractivity contribution in [2.45, 2.75) is 20.0 Å². The van der Waals surface area contributed by atoms with Crippen molar-refractivity contribution in [1.82, 2.24) is 14.7 Å². The molecule has 0 aliphatic carbocycles. The molecule has 1 aliphatic rings. The van der Waals surface area contributed by atoms with Crippen LogP contribution in [0, 0.1) is 0 Å². The van der Waals surface area contributed by atoms with Gasteiger partial charge >= 0.3 is 6.03 Å². The van der Waals surface area contributed by atoms with Gasteiger partial charge in [-0.25, -0.2) is 4.79 Å². The van der Waals surface area contributed by atoms with Crippen LogP contribution in [0.15, 0.2) is 60.7 Å². The second-order valence-corrected chi connectivity index (χ2v) is 6.53. The van der Waals surface area contributed by atoms with Crippen LogP contribution in [-0.4, -0.2) is 53.5 Å². The summed E-state index contributed by atoms with van der Waals surface area (Å²) < 4.78 is 0. The van der Waals surface area contributed by atoms with Crippen molar-refractivity contribution in [2.75, 3.05) is 32.7 Å². The van der Waals surface area contributed by atoms with Crippen LogP contribution in [0.25, 0.3) is 0 Å². The minimum atomic E-state index is 0.158. The zero-order chi connectivity index (χ0) is 17.5. The number of hydrogen-bond donors (Lipinski definition) is 0. The van der Waals surface area contributed by atoms with Crippen LogP contribution in [0.2, 0.25) is 0 Å². The topological polar surface area (TPSA) is 26.8 Å². The summed E-state index contributed by atoms with van der Waals surface area (Å²) in [5.74, 6) is 0. The maximum absolute atomic E-state index is 12.8. The maximum Gasteiger partial charge on any atom is 0.320 e. The highest BCUT2D eigenvalue weighted by Crippen LogP contribution is 2.12. The van der Waals surface area contributed by atoms with E-state index < -0.39 is 0 Å². The molecule has 1 aliphatic heterocycles. The van der Waals surface area contributed by atoms with Crippen molar-refractivity contribution in [3.63, 3.8) is 0 Å². The van der Waals surface area contributed by atoms with E-state index in [2.05, 4.69) is 41.3 Å². The first kappa shape index (κ1) is 17.5. The van der Waals surface area contributed by atoms with Crippen LogP contribution in [0.5, 0.6) is 0 Å². The standard InChI is InChI=1S/C21H27N3O/c1-2-23(18-20-11-7-4-8-12-20)21(25)24-15-13-22(14-16-24)17-19-9-5-3-6-10-19/h3-12H,2,13-18H2,1H3. The highest BCUT2D eigenvalue weighted by molar-refractivity contribution is 5.74. The number of urea groups is 1. The number of rotatable bonds is 5. The molecular formula is C21H27N3O. The molecule has 25 heavy (non-hydrogen) atoms. The number of hydrogen-bond acceptors (Lipinski definition) is 2. The molecule has 2 aromatic rings. The molecule has 132 valence electrons. The lowest BCUT2D eigenvalue weighted by molar-refractivity contribution is 0.109. The van der Waals surface area contributed by atoms with Gasteiger partial charge in [0, 0.05) is 45.8 Å². The molecule has 1 fully saturated rings. The summed E-state index contributed by atoms with van der Waals surface area (Å²) in [7, 11) is 0. The Morgan fingerprint density at radius 2 is 1.44 bits per heavy atom. The smallest absolute Gasteiger partial charge is 0.320 e. The SMILES string of the molecule is CCN(Cc1ccccc1)C(=O)N1CCN(Cc2ccccc2)CC1. The molecule has 1 saturated heterocycles. The number of nitrogens with zero attached hydrogens (tertiary/aromatic N) is 3. The van der Waals surface area contributed by atoms with Gasteiger partial charge in [0.1, 0.15) is 0 Å². The average Bonchev–Trinajstić information content (AvgIpc) is 2.68. The van der Waals surface area contributed by atoms with E-state index in [1.54, 1.807) is 0 Å². The Bertz CT molecular complexity index is 651. The Morgan fingerprint density at radius 3 is 2.00 bits per heavy atom. The molecule has 1 heterocycles. The molecule has 4 heteroatoms. The molecule has 0 unspecified atom stereocenters. The Balaban J connectivity index is 1.51. The van der Waals surface area contributed by atoms with E-state index in [-0.39, 0.29) is 6.03 Å². The van der Waals surface area contributed by atoms with E-state index in [9.17, 15) is 4.79 Å². The van der Waals surface area contributed by atoms with Crippen molar-refractivity contribution in [1.29, 1.82) is 0 Å². The summed E-state index contributed by atoms with van der Waals surface area (Å²) >= 11 is 0. The van der Waals surface area contributed by atoms with Gasteiger partial charge in [0.25, 0.3) is 0 Å². The maximum atomic E-state index is 12.8. The van der Waals surface area contributed by atoms with Gasteiger partial charge in [-0.15, -0.1) is 0 Å². The Hall–Kier alpha value is -2.33. The van der Waals surface area contributed by atoms with Gasteiger partial charge in [0.15, 0.2) is 0 Å². The summed E-state index contributed by atoms with van der Waals surface area (Å²) in [6, 6.07) is 20.9. The van der Waals surface area contributed by atoms with Gasteiger partial charge in [-0.1, -0.05) is 60.7 Å². The Labute approximate surface area is 150 Å². The van der Waals surface area contributed by atoms with Crippen molar-refractivity contribution < 1.29 is 4.79 Å². The van der Waals surface area contributed by atoms with Gasteiger partial charge in [-0.2, -0.15) is 0 Å². The monoisotopic (exact) mass is 337 g/mol. The summed E-state index contributed by atoms with van der Waals surface area (Å²) in [5, 5.41) is 0. The lowest BCUT2D eigenvalue weighted by atomic mass is 10.2. The highest BCUT2D eigenvalue weighted by atomic mass is 16.2. The fourth-order valence-corrected chi connectivity index (χ4v) is 3.26. The lowest BCUT2D eigenvalue weighted by Gasteiger charge is -2.37. The number of piperazine rings is 1. The Morgan fingerprint density at radius 1 is 0.880 bits per heavy atom. The third kappa shape index (κ3) is 4.83.